The Bertz CT molecular complexity index is 861. The van der Waals surface area contributed by atoms with E-state index in [1.165, 1.54) is 10.2 Å². The molecule has 1 aromatic rings. The molecule has 1 heterocycles. The minimum Gasteiger partial charge on any atom is -1.00 e. The SMILES string of the molecule is CC=Nc1ccc2nc3ccc(=[N+](C)C)cc-3sc2c1.O.O.O.[Cl-]. The standard InChI is InChI=1S/C16H16N3S.ClH.3H2O/c1-4-17-11-5-7-13-15(9-11)20-16-10-12(19(2)3)6-8-14(16)18-13;;;;/h4-10H,1-3H3;1H;3*1H2/q+1;;;;/p-1. The number of hydrogen-bond acceptors (Lipinski definition) is 3. The summed E-state index contributed by atoms with van der Waals surface area (Å²) in [5, 5.41) is 1.19. The van der Waals surface area contributed by atoms with Gasteiger partial charge in [-0.1, -0.05) is 0 Å². The molecule has 1 aromatic carbocycles. The lowest BCUT2D eigenvalue weighted by atomic mass is 10.2. The number of fused-ring (bicyclic) bond motifs is 2. The summed E-state index contributed by atoms with van der Waals surface area (Å²) in [5.74, 6) is 0. The predicted octanol–water partition coefficient (Wildman–Crippen LogP) is -2.31. The summed E-state index contributed by atoms with van der Waals surface area (Å²) in [6, 6.07) is 12.5. The molecule has 0 saturated carbocycles. The van der Waals surface area contributed by atoms with Crippen LogP contribution in [0.5, 0.6) is 0 Å². The Morgan fingerprint density at radius 1 is 1.04 bits per heavy atom. The fraction of sp³-hybridized carbons (Fsp3) is 0.188. The Morgan fingerprint density at radius 2 is 1.75 bits per heavy atom. The average molecular weight is 372 g/mol. The van der Waals surface area contributed by atoms with E-state index in [1.54, 1.807) is 11.3 Å². The van der Waals surface area contributed by atoms with E-state index >= 15 is 0 Å². The normalized spacial score (nSPS) is 9.62. The van der Waals surface area contributed by atoms with Crippen molar-refractivity contribution in [3.8, 4) is 10.6 Å². The van der Waals surface area contributed by atoms with E-state index in [-0.39, 0.29) is 28.8 Å². The number of halogens is 1. The van der Waals surface area contributed by atoms with Crippen LogP contribution in [-0.2, 0) is 0 Å². The molecule has 2 aliphatic rings. The van der Waals surface area contributed by atoms with Gasteiger partial charge in [-0.2, -0.15) is 0 Å². The van der Waals surface area contributed by atoms with E-state index in [0.717, 1.165) is 21.6 Å². The van der Waals surface area contributed by atoms with Crippen LogP contribution in [0.4, 0.5) is 5.69 Å². The third kappa shape index (κ3) is 4.80. The maximum absolute atomic E-state index is 4.72. The molecule has 0 fully saturated rings. The van der Waals surface area contributed by atoms with Crippen LogP contribution >= 0.6 is 11.3 Å². The second-order valence-electron chi connectivity index (χ2n) is 4.80. The molecule has 0 aromatic heterocycles. The van der Waals surface area contributed by atoms with Gasteiger partial charge in [0.15, 0.2) is 0 Å². The molecule has 132 valence electrons. The van der Waals surface area contributed by atoms with Gasteiger partial charge < -0.3 is 28.8 Å². The van der Waals surface area contributed by atoms with E-state index in [4.69, 9.17) is 4.98 Å². The van der Waals surface area contributed by atoms with Gasteiger partial charge in [0, 0.05) is 18.3 Å². The summed E-state index contributed by atoms with van der Waals surface area (Å²) in [5.41, 5.74) is 3.04. The summed E-state index contributed by atoms with van der Waals surface area (Å²) in [6.07, 6.45) is 1.81. The molecular weight excluding hydrogens is 350 g/mol. The van der Waals surface area contributed by atoms with Crippen molar-refractivity contribution in [3.05, 3.63) is 41.8 Å². The minimum absolute atomic E-state index is 0. The summed E-state index contributed by atoms with van der Waals surface area (Å²) in [4.78, 5) is 10.2. The highest BCUT2D eigenvalue weighted by Crippen LogP contribution is 2.31. The minimum atomic E-state index is 0. The molecule has 0 saturated heterocycles. The molecule has 24 heavy (non-hydrogen) atoms. The van der Waals surface area contributed by atoms with Crippen LogP contribution in [0.2, 0.25) is 0 Å². The Labute approximate surface area is 150 Å². The Hall–Kier alpha value is -1.90. The van der Waals surface area contributed by atoms with Gasteiger partial charge in [-0.15, -0.1) is 11.3 Å². The molecule has 8 heteroatoms. The first kappa shape index (κ1) is 24.4. The fourth-order valence-electron chi connectivity index (χ4n) is 2.11. The molecule has 6 nitrogen and oxygen atoms in total. The van der Waals surface area contributed by atoms with Crippen LogP contribution in [0.25, 0.3) is 20.8 Å². The van der Waals surface area contributed by atoms with Crippen LogP contribution in [-0.4, -0.2) is 41.7 Å². The molecule has 1 aliphatic heterocycles. The smallest absolute Gasteiger partial charge is 0.201 e. The van der Waals surface area contributed by atoms with E-state index in [9.17, 15) is 0 Å². The second kappa shape index (κ2) is 10.1. The highest BCUT2D eigenvalue weighted by molar-refractivity contribution is 7.21. The van der Waals surface area contributed by atoms with E-state index in [0.29, 0.717) is 0 Å². The van der Waals surface area contributed by atoms with E-state index in [1.807, 2.05) is 39.4 Å². The molecular formula is C16H22ClN3O3S. The zero-order valence-electron chi connectivity index (χ0n) is 13.7. The molecule has 3 rings (SSSR count). The van der Waals surface area contributed by atoms with Gasteiger partial charge >= 0.3 is 0 Å². The third-order valence-corrected chi connectivity index (χ3v) is 4.24. The van der Waals surface area contributed by atoms with Crippen molar-refractivity contribution in [2.75, 3.05) is 14.1 Å². The highest BCUT2D eigenvalue weighted by Gasteiger charge is 2.08. The fourth-order valence-corrected chi connectivity index (χ4v) is 3.14. The molecule has 0 amide bonds. The van der Waals surface area contributed by atoms with Gasteiger partial charge in [0.2, 0.25) is 5.36 Å². The molecule has 1 aliphatic carbocycles. The Balaban J connectivity index is 0. The largest absolute Gasteiger partial charge is 1.00 e. The highest BCUT2D eigenvalue weighted by atomic mass is 35.5. The van der Waals surface area contributed by atoms with Crippen LogP contribution in [0.15, 0.2) is 41.4 Å². The molecule has 6 N–H and O–H groups in total. The molecule has 0 bridgehead atoms. The van der Waals surface area contributed by atoms with Gasteiger partial charge in [-0.05, 0) is 31.2 Å². The molecule has 0 unspecified atom stereocenters. The van der Waals surface area contributed by atoms with Crippen molar-refractivity contribution < 1.29 is 28.8 Å². The van der Waals surface area contributed by atoms with Gasteiger partial charge in [-0.25, -0.2) is 9.56 Å². The molecule has 0 spiro atoms. The number of hydrogen-bond donors (Lipinski definition) is 0. The summed E-state index contributed by atoms with van der Waals surface area (Å²) < 4.78 is 3.27. The quantitative estimate of drug-likeness (QED) is 0.266. The predicted molar refractivity (Wildman–Crippen MR) is 98.0 cm³/mol. The van der Waals surface area contributed by atoms with Crippen molar-refractivity contribution in [1.29, 1.82) is 0 Å². The van der Waals surface area contributed by atoms with Crippen LogP contribution < -0.4 is 22.3 Å². The molecule has 0 atom stereocenters. The average Bonchev–Trinajstić information content (AvgIpc) is 2.44. The number of rotatable bonds is 1. The van der Waals surface area contributed by atoms with E-state index in [2.05, 4.69) is 33.8 Å². The maximum Gasteiger partial charge on any atom is 0.201 e. The summed E-state index contributed by atoms with van der Waals surface area (Å²) in [6.45, 7) is 1.93. The number of benzene rings is 2. The van der Waals surface area contributed by atoms with Crippen molar-refractivity contribution in [2.45, 2.75) is 6.92 Å². The first-order chi connectivity index (χ1) is 9.67. The monoisotopic (exact) mass is 371 g/mol. The van der Waals surface area contributed by atoms with Gasteiger partial charge in [-0.3, -0.25) is 4.99 Å². The Morgan fingerprint density at radius 3 is 2.38 bits per heavy atom. The van der Waals surface area contributed by atoms with Gasteiger partial charge in [0.25, 0.3) is 0 Å². The lowest BCUT2D eigenvalue weighted by Crippen LogP contribution is -3.00. The van der Waals surface area contributed by atoms with Crippen LogP contribution in [0.3, 0.4) is 0 Å². The van der Waals surface area contributed by atoms with Crippen LogP contribution in [0, 0.1) is 0 Å². The summed E-state index contributed by atoms with van der Waals surface area (Å²) >= 11 is 1.76. The first-order valence-electron chi connectivity index (χ1n) is 6.51. The lowest BCUT2D eigenvalue weighted by Gasteiger charge is -2.05. The first-order valence-corrected chi connectivity index (χ1v) is 7.33. The second-order valence-corrected chi connectivity index (χ2v) is 5.88. The van der Waals surface area contributed by atoms with Crippen molar-refractivity contribution in [2.24, 2.45) is 4.99 Å². The molecule has 0 radical (unpaired) electrons. The topological polar surface area (TPSA) is 123 Å². The maximum atomic E-state index is 4.72. The number of aliphatic imine (C=N–C) groups is 1. The zero-order chi connectivity index (χ0) is 14.1. The van der Waals surface area contributed by atoms with E-state index < -0.39 is 0 Å². The van der Waals surface area contributed by atoms with Gasteiger partial charge in [0.1, 0.15) is 14.1 Å². The number of aromatic nitrogens is 1. The number of nitrogens with zero attached hydrogens (tertiary/aromatic N) is 3. The van der Waals surface area contributed by atoms with Crippen molar-refractivity contribution in [1.82, 2.24) is 9.56 Å². The lowest BCUT2D eigenvalue weighted by molar-refractivity contribution is -0.00000773. The summed E-state index contributed by atoms with van der Waals surface area (Å²) in [7, 11) is 4.10. The Kier molecular flexibility index (Phi) is 10.2. The van der Waals surface area contributed by atoms with Crippen LogP contribution in [0.1, 0.15) is 6.92 Å². The van der Waals surface area contributed by atoms with Gasteiger partial charge in [0.05, 0.1) is 26.5 Å². The zero-order valence-corrected chi connectivity index (χ0v) is 15.2. The third-order valence-electron chi connectivity index (χ3n) is 3.14. The van der Waals surface area contributed by atoms with Crippen molar-refractivity contribution in [3.63, 3.8) is 0 Å². The van der Waals surface area contributed by atoms with Crippen molar-refractivity contribution >= 4 is 33.5 Å².